The molecule has 3 saturated carbocycles. The molecule has 0 radical (unpaired) electrons. The number of hydrogen-bond donors (Lipinski definition) is 3. The molecule has 3 aliphatic rings. The molecule has 9 nitrogen and oxygen atoms in total. The predicted octanol–water partition coefficient (Wildman–Crippen LogP) is 2.56. The number of nitrogens with two attached hydrogens (primary N) is 1. The maximum atomic E-state index is 13.5. The SMILES string of the molecule is [2H]C([2H])([2H])C([2H])([2H])C([2H])([2H])n1c(N)c(NC(=O)C23CCC(CCC(=O)O)(CC2)CC3)c(=O)n(CCC)c1=O. The summed E-state index contributed by atoms with van der Waals surface area (Å²) in [6.45, 7) is -5.57. The molecule has 1 aromatic rings. The molecule has 31 heavy (non-hydrogen) atoms. The number of amides is 1. The fraction of sp³-hybridized carbons (Fsp3) is 0.727. The van der Waals surface area contributed by atoms with E-state index >= 15 is 0 Å². The van der Waals surface area contributed by atoms with Gasteiger partial charge in [-0.1, -0.05) is 13.8 Å². The Kier molecular flexibility index (Phi) is 4.37. The molecule has 0 aliphatic heterocycles. The fourth-order valence-corrected chi connectivity index (χ4v) is 4.97. The van der Waals surface area contributed by atoms with Gasteiger partial charge in [0.05, 0.1) is 0 Å². The maximum Gasteiger partial charge on any atom is 0.332 e. The Morgan fingerprint density at radius 2 is 1.84 bits per heavy atom. The van der Waals surface area contributed by atoms with E-state index in [-0.39, 0.29) is 29.4 Å². The molecule has 172 valence electrons. The van der Waals surface area contributed by atoms with Gasteiger partial charge in [-0.3, -0.25) is 23.5 Å². The second-order valence-corrected chi connectivity index (χ2v) is 8.70. The normalized spacial score (nSPS) is 29.5. The molecule has 9 heteroatoms. The zero-order valence-electron chi connectivity index (χ0n) is 24.6. The van der Waals surface area contributed by atoms with Crippen molar-refractivity contribution in [1.82, 2.24) is 9.13 Å². The number of anilines is 2. The van der Waals surface area contributed by atoms with Crippen molar-refractivity contribution in [2.45, 2.75) is 91.0 Å². The number of aromatic nitrogens is 2. The van der Waals surface area contributed by atoms with Crippen LogP contribution >= 0.6 is 0 Å². The second-order valence-electron chi connectivity index (χ2n) is 8.70. The molecule has 4 rings (SSSR count). The molecule has 2 bridgehead atoms. The molecule has 3 fully saturated rings. The van der Waals surface area contributed by atoms with E-state index in [1.54, 1.807) is 6.92 Å². The van der Waals surface area contributed by atoms with Gasteiger partial charge in [-0.05, 0) is 63.2 Å². The highest BCUT2D eigenvalue weighted by Crippen LogP contribution is 2.59. The van der Waals surface area contributed by atoms with Crippen LogP contribution < -0.4 is 22.3 Å². The van der Waals surface area contributed by atoms with Gasteiger partial charge in [0.1, 0.15) is 11.5 Å². The molecule has 4 N–H and O–H groups in total. The molecule has 3 aliphatic carbocycles. The van der Waals surface area contributed by atoms with E-state index in [1.807, 2.05) is 0 Å². The van der Waals surface area contributed by atoms with Crippen molar-refractivity contribution in [2.75, 3.05) is 11.1 Å². The smallest absolute Gasteiger partial charge is 0.332 e. The first kappa shape index (κ1) is 15.3. The Morgan fingerprint density at radius 1 is 1.19 bits per heavy atom. The van der Waals surface area contributed by atoms with Crippen molar-refractivity contribution >= 4 is 23.4 Å². The lowest BCUT2D eigenvalue weighted by atomic mass is 9.52. The Balaban J connectivity index is 2.04. The van der Waals surface area contributed by atoms with E-state index in [9.17, 15) is 19.2 Å². The Hall–Kier alpha value is -2.58. The highest BCUT2D eigenvalue weighted by Gasteiger charge is 2.52. The minimum absolute atomic E-state index is 0.0416. The number of nitrogens with one attached hydrogen (secondary N) is 1. The zero-order valence-corrected chi connectivity index (χ0v) is 17.6. The summed E-state index contributed by atoms with van der Waals surface area (Å²) in [4.78, 5) is 50.9. The van der Waals surface area contributed by atoms with Crippen molar-refractivity contribution in [3.63, 3.8) is 0 Å². The molecule has 0 unspecified atom stereocenters. The Morgan fingerprint density at radius 3 is 2.39 bits per heavy atom. The summed E-state index contributed by atoms with van der Waals surface area (Å²) in [7, 11) is 0. The zero-order chi connectivity index (χ0) is 28.9. The average Bonchev–Trinajstić information content (AvgIpc) is 2.83. The van der Waals surface area contributed by atoms with Gasteiger partial charge in [-0.2, -0.15) is 0 Å². The third-order valence-electron chi connectivity index (χ3n) is 6.98. The molecule has 1 heterocycles. The molecule has 0 spiro atoms. The van der Waals surface area contributed by atoms with Crippen LogP contribution in [0.25, 0.3) is 0 Å². The number of fused-ring (bicyclic) bond motifs is 3. The lowest BCUT2D eigenvalue weighted by molar-refractivity contribution is -0.141. The summed E-state index contributed by atoms with van der Waals surface area (Å²) in [5.41, 5.74) is 2.06. The van der Waals surface area contributed by atoms with Gasteiger partial charge >= 0.3 is 11.7 Å². The minimum atomic E-state index is -3.58. The molecular weight excluding hydrogens is 400 g/mol. The van der Waals surface area contributed by atoms with E-state index in [0.717, 1.165) is 0 Å². The number of nitrogen functional groups attached to an aromatic ring is 1. The lowest BCUT2D eigenvalue weighted by Crippen LogP contribution is -2.49. The van der Waals surface area contributed by atoms with Crippen molar-refractivity contribution in [1.29, 1.82) is 0 Å². The summed E-state index contributed by atoms with van der Waals surface area (Å²) >= 11 is 0. The topological polar surface area (TPSA) is 136 Å². The van der Waals surface area contributed by atoms with Crippen molar-refractivity contribution < 1.29 is 24.3 Å². The molecule has 0 atom stereocenters. The Bertz CT molecular complexity index is 1210. The van der Waals surface area contributed by atoms with Gasteiger partial charge < -0.3 is 16.2 Å². The van der Waals surface area contributed by atoms with Crippen LogP contribution in [0.15, 0.2) is 9.59 Å². The first-order chi connectivity index (χ1) is 17.4. The highest BCUT2D eigenvalue weighted by atomic mass is 16.4. The second kappa shape index (κ2) is 8.88. The first-order valence-corrected chi connectivity index (χ1v) is 10.5. The van der Waals surface area contributed by atoms with Crippen LogP contribution in [0.1, 0.15) is 87.5 Å². The summed E-state index contributed by atoms with van der Waals surface area (Å²) < 4.78 is 55.6. The van der Waals surface area contributed by atoms with Crippen LogP contribution in [-0.2, 0) is 22.6 Å². The van der Waals surface area contributed by atoms with E-state index in [4.69, 9.17) is 20.4 Å². The molecule has 0 saturated heterocycles. The van der Waals surface area contributed by atoms with Crippen molar-refractivity contribution in [2.24, 2.45) is 10.8 Å². The Labute approximate surface area is 191 Å². The van der Waals surface area contributed by atoms with Crippen LogP contribution in [0.5, 0.6) is 0 Å². The number of hydrogen-bond acceptors (Lipinski definition) is 5. The van der Waals surface area contributed by atoms with E-state index in [1.165, 1.54) is 0 Å². The number of carbonyl (C=O) groups is 2. The van der Waals surface area contributed by atoms with Crippen LogP contribution in [-0.4, -0.2) is 26.1 Å². The number of carboxylic acids is 1. The number of nitrogens with zero attached hydrogens (tertiary/aromatic N) is 2. The van der Waals surface area contributed by atoms with E-state index in [0.29, 0.717) is 49.5 Å². The van der Waals surface area contributed by atoms with Gasteiger partial charge in [0, 0.05) is 34.5 Å². The third-order valence-corrected chi connectivity index (χ3v) is 6.98. The third kappa shape index (κ3) is 4.27. The number of rotatable bonds is 9. The number of carboxylic acid groups (broad SMARTS) is 1. The van der Waals surface area contributed by atoms with Gasteiger partial charge in [0.15, 0.2) is 0 Å². The van der Waals surface area contributed by atoms with E-state index in [2.05, 4.69) is 5.32 Å². The lowest BCUT2D eigenvalue weighted by Gasteiger charge is -2.52. The standard InChI is InChI=1S/C22H34N4O5/c1-3-13-25-17(23)16(18(29)26(14-4-2)20(25)31)24-19(30)22-10-7-21(8-11-22,9-12-22)6-5-15(27)28/h3-14,23H2,1-2H3,(H,24,30)(H,27,28)/i1D3,3D2,13D2. The van der Waals surface area contributed by atoms with Crippen LogP contribution in [0.3, 0.4) is 0 Å². The van der Waals surface area contributed by atoms with Crippen molar-refractivity contribution in [3.05, 3.63) is 20.8 Å². The van der Waals surface area contributed by atoms with Gasteiger partial charge in [-0.25, -0.2) is 4.79 Å². The summed E-state index contributed by atoms with van der Waals surface area (Å²) in [5, 5.41) is 11.5. The fourth-order valence-electron chi connectivity index (χ4n) is 4.97. The van der Waals surface area contributed by atoms with Gasteiger partial charge in [0.2, 0.25) is 5.91 Å². The molecule has 1 aromatic heterocycles. The predicted molar refractivity (Wildman–Crippen MR) is 118 cm³/mol. The van der Waals surface area contributed by atoms with Crippen LogP contribution in [0.4, 0.5) is 11.5 Å². The molecular formula is C22H34N4O5. The summed E-state index contributed by atoms with van der Waals surface area (Å²) in [6.07, 6.45) is 0.456. The first-order valence-electron chi connectivity index (χ1n) is 14.0. The van der Waals surface area contributed by atoms with Gasteiger partial charge in [-0.15, -0.1) is 0 Å². The monoisotopic (exact) mass is 441 g/mol. The largest absolute Gasteiger partial charge is 0.481 e. The average molecular weight is 442 g/mol. The quantitative estimate of drug-likeness (QED) is 0.539. The van der Waals surface area contributed by atoms with Crippen molar-refractivity contribution in [3.8, 4) is 0 Å². The maximum absolute atomic E-state index is 13.5. The highest BCUT2D eigenvalue weighted by molar-refractivity contribution is 5.97. The van der Waals surface area contributed by atoms with Crippen LogP contribution in [0.2, 0.25) is 0 Å². The minimum Gasteiger partial charge on any atom is -0.481 e. The molecule has 1 amide bonds. The number of carbonyl (C=O) groups excluding carboxylic acids is 1. The number of aliphatic carboxylic acids is 1. The van der Waals surface area contributed by atoms with E-state index < -0.39 is 59.8 Å². The summed E-state index contributed by atoms with van der Waals surface area (Å²) in [5.74, 6) is -2.31. The van der Waals surface area contributed by atoms with Crippen LogP contribution in [0, 0.1) is 10.8 Å². The summed E-state index contributed by atoms with van der Waals surface area (Å²) in [6, 6.07) is 0. The molecule has 0 aromatic carbocycles. The van der Waals surface area contributed by atoms with Gasteiger partial charge in [0.25, 0.3) is 5.56 Å².